The molecule has 20 heavy (non-hydrogen) atoms. The molecule has 0 bridgehead atoms. The van der Waals surface area contributed by atoms with Gasteiger partial charge in [-0.3, -0.25) is 4.79 Å². The van der Waals surface area contributed by atoms with Crippen LogP contribution in [0.1, 0.15) is 44.6 Å². The fourth-order valence-electron chi connectivity index (χ4n) is 3.54. The van der Waals surface area contributed by atoms with Crippen LogP contribution in [0.5, 0.6) is 5.75 Å². The number of carbonyl (C=O) groups is 1. The van der Waals surface area contributed by atoms with Crippen LogP contribution < -0.4 is 10.1 Å². The highest BCUT2D eigenvalue weighted by Crippen LogP contribution is 2.42. The molecule has 106 valence electrons. The summed E-state index contributed by atoms with van der Waals surface area (Å²) in [6.07, 6.45) is 5.83. The number of carbonyl (C=O) groups excluding carboxylic acids is 1. The molecule has 0 unspecified atom stereocenters. The molecule has 1 heterocycles. The van der Waals surface area contributed by atoms with Gasteiger partial charge in [-0.25, -0.2) is 0 Å². The first-order valence-corrected chi connectivity index (χ1v) is 7.34. The summed E-state index contributed by atoms with van der Waals surface area (Å²) in [5.41, 5.74) is 2.98. The zero-order valence-electron chi connectivity index (χ0n) is 12.2. The molecule has 1 saturated carbocycles. The van der Waals surface area contributed by atoms with E-state index in [2.05, 4.69) is 12.2 Å². The highest BCUT2D eigenvalue weighted by molar-refractivity contribution is 6.23. The van der Waals surface area contributed by atoms with Gasteiger partial charge >= 0.3 is 0 Å². The predicted octanol–water partition coefficient (Wildman–Crippen LogP) is 3.30. The molecule has 1 aromatic rings. The number of hydrogen-bond acceptors (Lipinski definition) is 2. The van der Waals surface area contributed by atoms with Crippen LogP contribution in [-0.2, 0) is 4.79 Å². The van der Waals surface area contributed by atoms with Gasteiger partial charge < -0.3 is 10.1 Å². The number of amides is 1. The zero-order valence-corrected chi connectivity index (χ0v) is 12.2. The van der Waals surface area contributed by atoms with E-state index in [4.69, 9.17) is 4.74 Å². The normalized spacial score (nSPS) is 21.2. The minimum atomic E-state index is -0.0788. The lowest BCUT2D eigenvalue weighted by molar-refractivity contribution is -0.116. The molecule has 2 aliphatic rings. The van der Waals surface area contributed by atoms with Gasteiger partial charge in [0.05, 0.1) is 12.6 Å². The van der Waals surface area contributed by atoms with Gasteiger partial charge in [-0.1, -0.05) is 31.4 Å². The largest absolute Gasteiger partial charge is 0.497 e. The molecule has 3 rings (SSSR count). The second-order valence-corrected chi connectivity index (χ2v) is 5.83. The quantitative estimate of drug-likeness (QED) is 0.896. The van der Waals surface area contributed by atoms with E-state index < -0.39 is 0 Å². The summed E-state index contributed by atoms with van der Waals surface area (Å²) in [6, 6.07) is 7.77. The van der Waals surface area contributed by atoms with Crippen molar-refractivity contribution in [2.45, 2.75) is 44.6 Å². The lowest BCUT2D eigenvalue weighted by atomic mass is 9.77. The van der Waals surface area contributed by atoms with E-state index in [1.807, 2.05) is 24.3 Å². The molecule has 1 N–H and O–H groups in total. The van der Waals surface area contributed by atoms with E-state index in [9.17, 15) is 4.79 Å². The van der Waals surface area contributed by atoms with Crippen molar-refractivity contribution in [1.82, 2.24) is 5.32 Å². The molecule has 0 radical (unpaired) electrons. The summed E-state index contributed by atoms with van der Waals surface area (Å²) >= 11 is 0. The Hall–Kier alpha value is -1.77. The number of methoxy groups -OCH3 is 1. The van der Waals surface area contributed by atoms with Gasteiger partial charge in [-0.2, -0.15) is 0 Å². The summed E-state index contributed by atoms with van der Waals surface area (Å²) in [4.78, 5) is 12.4. The summed E-state index contributed by atoms with van der Waals surface area (Å²) in [7, 11) is 1.65. The van der Waals surface area contributed by atoms with Gasteiger partial charge in [-0.05, 0) is 43.0 Å². The maximum absolute atomic E-state index is 12.4. The van der Waals surface area contributed by atoms with E-state index in [-0.39, 0.29) is 11.4 Å². The van der Waals surface area contributed by atoms with Crippen LogP contribution in [0.15, 0.2) is 29.8 Å². The fourth-order valence-corrected chi connectivity index (χ4v) is 3.54. The Labute approximate surface area is 120 Å². The van der Waals surface area contributed by atoms with Gasteiger partial charge in [0, 0.05) is 5.57 Å². The third-order valence-corrected chi connectivity index (χ3v) is 4.76. The van der Waals surface area contributed by atoms with E-state index >= 15 is 0 Å². The number of rotatable bonds is 2. The van der Waals surface area contributed by atoms with Gasteiger partial charge in [0.15, 0.2) is 0 Å². The van der Waals surface area contributed by atoms with Crippen LogP contribution in [0.25, 0.3) is 5.57 Å². The second kappa shape index (κ2) is 4.97. The molecule has 1 aliphatic carbocycles. The van der Waals surface area contributed by atoms with E-state index in [1.54, 1.807) is 7.11 Å². The molecule has 1 aromatic carbocycles. The molecule has 0 saturated heterocycles. The number of benzene rings is 1. The smallest absolute Gasteiger partial charge is 0.252 e. The maximum atomic E-state index is 12.4. The number of nitrogens with one attached hydrogen (secondary N) is 1. The van der Waals surface area contributed by atoms with Gasteiger partial charge in [-0.15, -0.1) is 0 Å². The minimum Gasteiger partial charge on any atom is -0.497 e. The lowest BCUT2D eigenvalue weighted by Crippen LogP contribution is -2.45. The van der Waals surface area contributed by atoms with E-state index in [1.165, 1.54) is 24.8 Å². The van der Waals surface area contributed by atoms with E-state index in [0.717, 1.165) is 29.7 Å². The van der Waals surface area contributed by atoms with Crippen molar-refractivity contribution in [3.05, 3.63) is 35.4 Å². The Balaban J connectivity index is 1.99. The van der Waals surface area contributed by atoms with Crippen molar-refractivity contribution < 1.29 is 9.53 Å². The Kier molecular flexibility index (Phi) is 3.28. The average molecular weight is 271 g/mol. The van der Waals surface area contributed by atoms with E-state index in [0.29, 0.717) is 0 Å². The highest BCUT2D eigenvalue weighted by atomic mass is 16.5. The Morgan fingerprint density at radius 3 is 2.35 bits per heavy atom. The molecule has 1 amide bonds. The summed E-state index contributed by atoms with van der Waals surface area (Å²) in [5.74, 6) is 0.896. The van der Waals surface area contributed by atoms with Gasteiger partial charge in [0.25, 0.3) is 5.91 Å². The Morgan fingerprint density at radius 2 is 1.75 bits per heavy atom. The maximum Gasteiger partial charge on any atom is 0.252 e. The summed E-state index contributed by atoms with van der Waals surface area (Å²) in [6.45, 7) is 2.11. The number of ether oxygens (including phenoxy) is 1. The molecule has 1 spiro atoms. The third-order valence-electron chi connectivity index (χ3n) is 4.76. The molecule has 0 atom stereocenters. The van der Waals surface area contributed by atoms with Crippen molar-refractivity contribution in [1.29, 1.82) is 0 Å². The predicted molar refractivity (Wildman–Crippen MR) is 79.5 cm³/mol. The molecular weight excluding hydrogens is 250 g/mol. The average Bonchev–Trinajstić information content (AvgIpc) is 2.71. The minimum absolute atomic E-state index is 0.0783. The SMILES string of the molecule is COc1ccc(C2=C(C)C3(CCCCC3)NC2=O)cc1. The Morgan fingerprint density at radius 1 is 1.10 bits per heavy atom. The van der Waals surface area contributed by atoms with Crippen LogP contribution in [0, 0.1) is 0 Å². The molecule has 3 nitrogen and oxygen atoms in total. The topological polar surface area (TPSA) is 38.3 Å². The van der Waals surface area contributed by atoms with Crippen LogP contribution in [0.2, 0.25) is 0 Å². The zero-order chi connectivity index (χ0) is 14.2. The molecular formula is C17H21NO2. The summed E-state index contributed by atoms with van der Waals surface area (Å²) < 4.78 is 5.18. The van der Waals surface area contributed by atoms with Crippen molar-refractivity contribution >= 4 is 11.5 Å². The molecule has 1 fully saturated rings. The third kappa shape index (κ3) is 2.01. The standard InChI is InChI=1S/C17H21NO2/c1-12-15(13-6-8-14(20-2)9-7-13)16(19)18-17(12)10-4-3-5-11-17/h6-9H,3-5,10-11H2,1-2H3,(H,18,19). The van der Waals surface area contributed by atoms with Crippen molar-refractivity contribution in [2.75, 3.05) is 7.11 Å². The first-order chi connectivity index (χ1) is 9.66. The molecule has 0 aromatic heterocycles. The fraction of sp³-hybridized carbons (Fsp3) is 0.471. The lowest BCUT2D eigenvalue weighted by Gasteiger charge is -2.35. The number of hydrogen-bond donors (Lipinski definition) is 1. The van der Waals surface area contributed by atoms with Crippen LogP contribution in [-0.4, -0.2) is 18.6 Å². The van der Waals surface area contributed by atoms with Crippen molar-refractivity contribution in [3.8, 4) is 5.75 Å². The molecule has 3 heteroatoms. The van der Waals surface area contributed by atoms with Gasteiger partial charge in [0.1, 0.15) is 5.75 Å². The second-order valence-electron chi connectivity index (χ2n) is 5.83. The van der Waals surface area contributed by atoms with Gasteiger partial charge in [0.2, 0.25) is 0 Å². The Bertz CT molecular complexity index is 551. The monoisotopic (exact) mass is 271 g/mol. The summed E-state index contributed by atoms with van der Waals surface area (Å²) in [5, 5.41) is 3.25. The highest BCUT2D eigenvalue weighted by Gasteiger charge is 2.43. The van der Waals surface area contributed by atoms with Crippen molar-refractivity contribution in [3.63, 3.8) is 0 Å². The first kappa shape index (κ1) is 13.2. The molecule has 1 aliphatic heterocycles. The first-order valence-electron chi connectivity index (χ1n) is 7.34. The van der Waals surface area contributed by atoms with Crippen LogP contribution >= 0.6 is 0 Å². The van der Waals surface area contributed by atoms with Crippen molar-refractivity contribution in [2.24, 2.45) is 0 Å². The van der Waals surface area contributed by atoms with Crippen LogP contribution in [0.3, 0.4) is 0 Å². The van der Waals surface area contributed by atoms with Crippen LogP contribution in [0.4, 0.5) is 0 Å².